The molecule has 5 nitrogen and oxygen atoms in total. The molecule has 0 aromatic carbocycles. The average Bonchev–Trinajstić information content (AvgIpc) is 3.25. The van der Waals surface area contributed by atoms with Gasteiger partial charge in [0, 0.05) is 43.6 Å². The number of aromatic nitrogens is 1. The SMILES string of the molecule is CN(C(=O)C(C)(C)C)C1CCCN(Cc2cc(C3CC3)on2)C1. The number of carbonyl (C=O) groups is 1. The van der Waals surface area contributed by atoms with E-state index in [0.29, 0.717) is 12.0 Å². The second-order valence-electron chi connectivity index (χ2n) is 8.19. The van der Waals surface area contributed by atoms with E-state index in [0.717, 1.165) is 43.9 Å². The molecular weight excluding hydrogens is 290 g/mol. The molecule has 2 heterocycles. The molecule has 1 aliphatic heterocycles. The fraction of sp³-hybridized carbons (Fsp3) is 0.778. The van der Waals surface area contributed by atoms with Crippen LogP contribution in [-0.4, -0.2) is 47.0 Å². The summed E-state index contributed by atoms with van der Waals surface area (Å²) < 4.78 is 5.45. The second-order valence-corrected chi connectivity index (χ2v) is 8.19. The fourth-order valence-electron chi connectivity index (χ4n) is 3.38. The summed E-state index contributed by atoms with van der Waals surface area (Å²) in [7, 11) is 1.95. The zero-order valence-corrected chi connectivity index (χ0v) is 14.8. The zero-order chi connectivity index (χ0) is 16.6. The van der Waals surface area contributed by atoms with E-state index < -0.39 is 0 Å². The molecule has 1 aliphatic carbocycles. The summed E-state index contributed by atoms with van der Waals surface area (Å²) in [6.45, 7) is 8.78. The van der Waals surface area contributed by atoms with E-state index in [-0.39, 0.29) is 11.3 Å². The Bertz CT molecular complexity index is 557. The van der Waals surface area contributed by atoms with Gasteiger partial charge in [-0.2, -0.15) is 0 Å². The van der Waals surface area contributed by atoms with Gasteiger partial charge in [-0.25, -0.2) is 0 Å². The summed E-state index contributed by atoms with van der Waals surface area (Å²) >= 11 is 0. The van der Waals surface area contributed by atoms with Gasteiger partial charge in [-0.1, -0.05) is 25.9 Å². The Hall–Kier alpha value is -1.36. The van der Waals surface area contributed by atoms with Crippen LogP contribution in [0.2, 0.25) is 0 Å². The quantitative estimate of drug-likeness (QED) is 0.856. The number of nitrogens with zero attached hydrogens (tertiary/aromatic N) is 3. The molecule has 3 rings (SSSR count). The molecule has 1 amide bonds. The molecular formula is C18H29N3O2. The lowest BCUT2D eigenvalue weighted by molar-refractivity contribution is -0.141. The van der Waals surface area contributed by atoms with Gasteiger partial charge in [0.2, 0.25) is 5.91 Å². The molecule has 23 heavy (non-hydrogen) atoms. The third kappa shape index (κ3) is 3.94. The highest BCUT2D eigenvalue weighted by Crippen LogP contribution is 2.40. The maximum Gasteiger partial charge on any atom is 0.227 e. The molecule has 2 fully saturated rings. The standard InChI is InChI=1S/C18H29N3O2/c1-18(2,3)17(22)20(4)15-6-5-9-21(12-15)11-14-10-16(23-19-14)13-7-8-13/h10,13,15H,5-9,11-12H2,1-4H3. The summed E-state index contributed by atoms with van der Waals surface area (Å²) in [4.78, 5) is 16.8. The van der Waals surface area contributed by atoms with Crippen LogP contribution >= 0.6 is 0 Å². The minimum atomic E-state index is -0.317. The minimum absolute atomic E-state index is 0.224. The molecule has 1 aromatic heterocycles. The molecule has 1 unspecified atom stereocenters. The number of rotatable bonds is 4. The average molecular weight is 319 g/mol. The van der Waals surface area contributed by atoms with Crippen LogP contribution in [0.25, 0.3) is 0 Å². The van der Waals surface area contributed by atoms with Gasteiger partial charge in [0.15, 0.2) is 0 Å². The van der Waals surface area contributed by atoms with Gasteiger partial charge in [0.1, 0.15) is 5.76 Å². The van der Waals surface area contributed by atoms with Crippen molar-refractivity contribution in [3.8, 4) is 0 Å². The first-order valence-corrected chi connectivity index (χ1v) is 8.79. The number of likely N-dealkylation sites (N-methyl/N-ethyl adjacent to an activating group) is 1. The van der Waals surface area contributed by atoms with Crippen molar-refractivity contribution in [1.82, 2.24) is 15.0 Å². The van der Waals surface area contributed by atoms with Crippen molar-refractivity contribution in [2.45, 2.75) is 65.0 Å². The van der Waals surface area contributed by atoms with Crippen LogP contribution in [0.15, 0.2) is 10.6 Å². The van der Waals surface area contributed by atoms with E-state index in [4.69, 9.17) is 4.52 Å². The van der Waals surface area contributed by atoms with Gasteiger partial charge in [0.05, 0.1) is 5.69 Å². The number of hydrogen-bond donors (Lipinski definition) is 0. The molecule has 1 saturated heterocycles. The van der Waals surface area contributed by atoms with Gasteiger partial charge < -0.3 is 9.42 Å². The predicted octanol–water partition coefficient (Wildman–Crippen LogP) is 3.02. The van der Waals surface area contributed by atoms with E-state index in [2.05, 4.69) is 16.1 Å². The van der Waals surface area contributed by atoms with Crippen LogP contribution in [0, 0.1) is 5.41 Å². The highest BCUT2D eigenvalue weighted by molar-refractivity contribution is 5.81. The van der Waals surface area contributed by atoms with Crippen LogP contribution in [-0.2, 0) is 11.3 Å². The number of amides is 1. The lowest BCUT2D eigenvalue weighted by Crippen LogP contribution is -2.50. The lowest BCUT2D eigenvalue weighted by Gasteiger charge is -2.39. The fourth-order valence-corrected chi connectivity index (χ4v) is 3.38. The van der Waals surface area contributed by atoms with Crippen LogP contribution in [0.5, 0.6) is 0 Å². The van der Waals surface area contributed by atoms with Gasteiger partial charge in [-0.05, 0) is 32.2 Å². The lowest BCUT2D eigenvalue weighted by atomic mass is 9.93. The van der Waals surface area contributed by atoms with Crippen LogP contribution < -0.4 is 0 Å². The molecule has 5 heteroatoms. The Balaban J connectivity index is 1.57. The van der Waals surface area contributed by atoms with E-state index in [1.807, 2.05) is 32.7 Å². The van der Waals surface area contributed by atoms with Gasteiger partial charge in [-0.15, -0.1) is 0 Å². The van der Waals surface area contributed by atoms with E-state index in [1.165, 1.54) is 12.8 Å². The number of carbonyl (C=O) groups excluding carboxylic acids is 1. The molecule has 1 atom stereocenters. The summed E-state index contributed by atoms with van der Waals surface area (Å²) in [5.41, 5.74) is 0.708. The normalized spacial score (nSPS) is 23.0. The molecule has 2 aliphatic rings. The third-order valence-electron chi connectivity index (χ3n) is 4.93. The second kappa shape index (κ2) is 6.27. The first-order chi connectivity index (χ1) is 10.8. The summed E-state index contributed by atoms with van der Waals surface area (Å²) in [5, 5.41) is 4.22. The summed E-state index contributed by atoms with van der Waals surface area (Å²) in [5.74, 6) is 1.89. The predicted molar refractivity (Wildman–Crippen MR) is 89.0 cm³/mol. The summed E-state index contributed by atoms with van der Waals surface area (Å²) in [6.07, 6.45) is 4.68. The molecule has 0 N–H and O–H groups in total. The number of likely N-dealkylation sites (tertiary alicyclic amines) is 1. The molecule has 1 aromatic rings. The summed E-state index contributed by atoms with van der Waals surface area (Å²) in [6, 6.07) is 2.41. The van der Waals surface area contributed by atoms with Gasteiger partial charge >= 0.3 is 0 Å². The van der Waals surface area contributed by atoms with Crippen LogP contribution in [0.3, 0.4) is 0 Å². The van der Waals surface area contributed by atoms with Crippen molar-refractivity contribution < 1.29 is 9.32 Å². The zero-order valence-electron chi connectivity index (χ0n) is 14.8. The first-order valence-electron chi connectivity index (χ1n) is 8.79. The Labute approximate surface area is 139 Å². The number of hydrogen-bond acceptors (Lipinski definition) is 4. The largest absolute Gasteiger partial charge is 0.361 e. The van der Waals surface area contributed by atoms with E-state index in [9.17, 15) is 4.79 Å². The third-order valence-corrected chi connectivity index (χ3v) is 4.93. The Morgan fingerprint density at radius 1 is 1.39 bits per heavy atom. The van der Waals surface area contributed by atoms with Gasteiger partial charge in [-0.3, -0.25) is 9.69 Å². The molecule has 0 spiro atoms. The molecule has 1 saturated carbocycles. The first kappa shape index (κ1) is 16.5. The Morgan fingerprint density at radius 3 is 2.78 bits per heavy atom. The maximum atomic E-state index is 12.5. The highest BCUT2D eigenvalue weighted by atomic mass is 16.5. The Morgan fingerprint density at radius 2 is 2.13 bits per heavy atom. The molecule has 128 valence electrons. The van der Waals surface area contributed by atoms with E-state index >= 15 is 0 Å². The Kier molecular flexibility index (Phi) is 4.50. The van der Waals surface area contributed by atoms with Gasteiger partial charge in [0.25, 0.3) is 0 Å². The van der Waals surface area contributed by atoms with Crippen molar-refractivity contribution in [1.29, 1.82) is 0 Å². The maximum absolute atomic E-state index is 12.5. The highest BCUT2D eigenvalue weighted by Gasteiger charge is 2.32. The van der Waals surface area contributed by atoms with Crippen molar-refractivity contribution in [3.63, 3.8) is 0 Å². The smallest absolute Gasteiger partial charge is 0.227 e. The molecule has 0 radical (unpaired) electrons. The topological polar surface area (TPSA) is 49.6 Å². The van der Waals surface area contributed by atoms with Crippen LogP contribution in [0.4, 0.5) is 0 Å². The molecule has 0 bridgehead atoms. The number of piperidine rings is 1. The monoisotopic (exact) mass is 319 g/mol. The van der Waals surface area contributed by atoms with Crippen LogP contribution in [0.1, 0.15) is 63.8 Å². The van der Waals surface area contributed by atoms with Crippen molar-refractivity contribution in [3.05, 3.63) is 17.5 Å². The minimum Gasteiger partial charge on any atom is -0.361 e. The van der Waals surface area contributed by atoms with Crippen molar-refractivity contribution in [2.24, 2.45) is 5.41 Å². The van der Waals surface area contributed by atoms with Crippen molar-refractivity contribution in [2.75, 3.05) is 20.1 Å². The van der Waals surface area contributed by atoms with E-state index in [1.54, 1.807) is 0 Å². The van der Waals surface area contributed by atoms with Crippen molar-refractivity contribution >= 4 is 5.91 Å².